The molecule has 11 heteroatoms. The summed E-state index contributed by atoms with van der Waals surface area (Å²) in [4.78, 5) is 22.7. The van der Waals surface area contributed by atoms with Crippen molar-refractivity contribution in [1.82, 2.24) is 14.8 Å². The van der Waals surface area contributed by atoms with E-state index in [2.05, 4.69) is 9.88 Å². The number of rotatable bonds is 7. The first-order valence-electron chi connectivity index (χ1n) is 14.1. The third-order valence-electron chi connectivity index (χ3n) is 7.41. The fourth-order valence-electron chi connectivity index (χ4n) is 5.20. The predicted molar refractivity (Wildman–Crippen MR) is 149 cm³/mol. The number of benzene rings is 1. The predicted octanol–water partition coefficient (Wildman–Crippen LogP) is 5.68. The molecular weight excluding hydrogens is 535 g/mol. The van der Waals surface area contributed by atoms with Crippen molar-refractivity contribution < 1.29 is 27.4 Å². The summed E-state index contributed by atoms with van der Waals surface area (Å²) < 4.78 is 51.4. The Balaban J connectivity index is 1.17. The van der Waals surface area contributed by atoms with Crippen molar-refractivity contribution in [2.75, 3.05) is 57.3 Å². The first kappa shape index (κ1) is 30.4. The SMILES string of the molecule is CC(C)(C)OC(=O)N1CCN(CCCOc2ccc(C3CCN(c4ccc(C#N)c(C(F)(F)F)c4)CC3)cn2)CC1. The highest BCUT2D eigenvalue weighted by Crippen LogP contribution is 2.36. The van der Waals surface area contributed by atoms with Crippen LogP contribution >= 0.6 is 0 Å². The highest BCUT2D eigenvalue weighted by Gasteiger charge is 2.34. The number of piperazine rings is 1. The number of ether oxygens (including phenoxy) is 2. The largest absolute Gasteiger partial charge is 0.478 e. The van der Waals surface area contributed by atoms with Gasteiger partial charge in [0, 0.05) is 63.8 Å². The number of hydrogen-bond acceptors (Lipinski definition) is 7. The molecule has 0 radical (unpaired) electrons. The Labute approximate surface area is 239 Å². The van der Waals surface area contributed by atoms with Crippen molar-refractivity contribution >= 4 is 11.8 Å². The molecule has 222 valence electrons. The molecule has 0 N–H and O–H groups in total. The summed E-state index contributed by atoms with van der Waals surface area (Å²) in [5, 5.41) is 9.03. The number of alkyl halides is 3. The molecule has 0 aliphatic carbocycles. The van der Waals surface area contributed by atoms with Gasteiger partial charge >= 0.3 is 12.3 Å². The number of anilines is 1. The molecule has 2 fully saturated rings. The van der Waals surface area contributed by atoms with E-state index in [0.717, 1.165) is 50.5 Å². The van der Waals surface area contributed by atoms with Gasteiger partial charge < -0.3 is 19.3 Å². The van der Waals surface area contributed by atoms with Crippen LogP contribution in [0, 0.1) is 11.3 Å². The maximum absolute atomic E-state index is 13.4. The van der Waals surface area contributed by atoms with Crippen molar-refractivity contribution in [3.05, 3.63) is 53.2 Å². The summed E-state index contributed by atoms with van der Waals surface area (Å²) in [6.45, 7) is 11.2. The fourth-order valence-corrected chi connectivity index (χ4v) is 5.20. The molecule has 2 aliphatic heterocycles. The fraction of sp³-hybridized carbons (Fsp3) is 0.567. The van der Waals surface area contributed by atoms with Crippen LogP contribution in [0.3, 0.4) is 0 Å². The minimum Gasteiger partial charge on any atom is -0.478 e. The van der Waals surface area contributed by atoms with Crippen molar-refractivity contribution in [2.45, 2.75) is 57.7 Å². The summed E-state index contributed by atoms with van der Waals surface area (Å²) in [6.07, 6.45) is -0.552. The molecule has 1 aromatic heterocycles. The van der Waals surface area contributed by atoms with Crippen LogP contribution in [-0.2, 0) is 10.9 Å². The number of amides is 1. The molecule has 3 heterocycles. The average Bonchev–Trinajstić information content (AvgIpc) is 2.94. The van der Waals surface area contributed by atoms with E-state index in [1.165, 1.54) is 6.07 Å². The van der Waals surface area contributed by atoms with Gasteiger partial charge in [0.15, 0.2) is 0 Å². The lowest BCUT2D eigenvalue weighted by molar-refractivity contribution is -0.137. The van der Waals surface area contributed by atoms with E-state index in [0.29, 0.717) is 44.4 Å². The van der Waals surface area contributed by atoms with E-state index in [1.807, 2.05) is 44.0 Å². The first-order valence-corrected chi connectivity index (χ1v) is 14.1. The number of nitriles is 1. The normalized spacial score (nSPS) is 17.3. The number of piperidine rings is 1. The molecule has 0 spiro atoms. The highest BCUT2D eigenvalue weighted by molar-refractivity contribution is 5.68. The molecule has 2 saturated heterocycles. The number of nitrogens with zero attached hydrogens (tertiary/aromatic N) is 5. The Morgan fingerprint density at radius 1 is 1.05 bits per heavy atom. The molecule has 1 amide bonds. The van der Waals surface area contributed by atoms with E-state index in [-0.39, 0.29) is 17.6 Å². The maximum Gasteiger partial charge on any atom is 0.417 e. The average molecular weight is 574 g/mol. The zero-order valence-electron chi connectivity index (χ0n) is 23.9. The van der Waals surface area contributed by atoms with Gasteiger partial charge in [0.2, 0.25) is 5.88 Å². The Kier molecular flexibility index (Phi) is 9.64. The smallest absolute Gasteiger partial charge is 0.417 e. The molecular formula is C30H38F3N5O3. The summed E-state index contributed by atoms with van der Waals surface area (Å²) in [7, 11) is 0. The second kappa shape index (κ2) is 13.0. The van der Waals surface area contributed by atoms with Gasteiger partial charge in [0.1, 0.15) is 5.60 Å². The minimum atomic E-state index is -4.56. The second-order valence-electron chi connectivity index (χ2n) is 11.5. The van der Waals surface area contributed by atoms with Gasteiger partial charge in [0.05, 0.1) is 23.8 Å². The maximum atomic E-state index is 13.4. The molecule has 41 heavy (non-hydrogen) atoms. The van der Waals surface area contributed by atoms with Gasteiger partial charge in [-0.2, -0.15) is 18.4 Å². The standard InChI is InChI=1S/C30H38F3N5O3/c1-29(2,3)41-28(39)38-16-14-36(15-17-38)11-4-18-40-27-8-6-24(21-35-27)22-9-12-37(13-10-22)25-7-5-23(20-34)26(19-25)30(31,32)33/h5-8,19,21-22H,4,9-18H2,1-3H3. The highest BCUT2D eigenvalue weighted by atomic mass is 19.4. The van der Waals surface area contributed by atoms with Gasteiger partial charge in [0.25, 0.3) is 0 Å². The molecule has 2 aromatic rings. The second-order valence-corrected chi connectivity index (χ2v) is 11.5. The van der Waals surface area contributed by atoms with E-state index in [1.54, 1.807) is 17.0 Å². The zero-order chi connectivity index (χ0) is 29.6. The van der Waals surface area contributed by atoms with Crippen LogP contribution in [0.4, 0.5) is 23.7 Å². The van der Waals surface area contributed by atoms with Crippen LogP contribution in [0.2, 0.25) is 0 Å². The van der Waals surface area contributed by atoms with Gasteiger partial charge in [-0.15, -0.1) is 0 Å². The van der Waals surface area contributed by atoms with Crippen LogP contribution in [0.1, 0.15) is 62.6 Å². The molecule has 0 bridgehead atoms. The third-order valence-corrected chi connectivity index (χ3v) is 7.41. The van der Waals surface area contributed by atoms with Crippen molar-refractivity contribution in [3.63, 3.8) is 0 Å². The Morgan fingerprint density at radius 2 is 1.76 bits per heavy atom. The topological polar surface area (TPSA) is 81.9 Å². The molecule has 0 atom stereocenters. The van der Waals surface area contributed by atoms with Crippen molar-refractivity contribution in [1.29, 1.82) is 5.26 Å². The van der Waals surface area contributed by atoms with Crippen LogP contribution < -0.4 is 9.64 Å². The van der Waals surface area contributed by atoms with Gasteiger partial charge in [-0.3, -0.25) is 4.90 Å². The van der Waals surface area contributed by atoms with Crippen LogP contribution in [0.25, 0.3) is 0 Å². The molecule has 0 unspecified atom stereocenters. The Bertz CT molecular complexity index is 1210. The number of hydrogen-bond donors (Lipinski definition) is 0. The zero-order valence-corrected chi connectivity index (χ0v) is 23.9. The van der Waals surface area contributed by atoms with Crippen LogP contribution in [0.5, 0.6) is 5.88 Å². The van der Waals surface area contributed by atoms with Gasteiger partial charge in [-0.1, -0.05) is 6.07 Å². The lowest BCUT2D eigenvalue weighted by Gasteiger charge is -2.35. The molecule has 0 saturated carbocycles. The minimum absolute atomic E-state index is 0.258. The Morgan fingerprint density at radius 3 is 2.34 bits per heavy atom. The van der Waals surface area contributed by atoms with Crippen LogP contribution in [-0.4, -0.2) is 78.9 Å². The number of carbonyl (C=O) groups excluding carboxylic acids is 1. The lowest BCUT2D eigenvalue weighted by Crippen LogP contribution is -2.50. The van der Waals surface area contributed by atoms with Crippen molar-refractivity contribution in [2.24, 2.45) is 0 Å². The third kappa shape index (κ3) is 8.49. The molecule has 2 aliphatic rings. The quantitative estimate of drug-likeness (QED) is 0.395. The van der Waals surface area contributed by atoms with E-state index < -0.39 is 17.3 Å². The van der Waals surface area contributed by atoms with Gasteiger partial charge in [-0.25, -0.2) is 9.78 Å². The monoisotopic (exact) mass is 573 g/mol. The summed E-state index contributed by atoms with van der Waals surface area (Å²) in [5.41, 5.74) is -0.157. The number of aromatic nitrogens is 1. The number of carbonyl (C=O) groups is 1. The number of halogens is 3. The molecule has 1 aromatic carbocycles. The van der Waals surface area contributed by atoms with E-state index in [9.17, 15) is 18.0 Å². The number of pyridine rings is 1. The molecule has 4 rings (SSSR count). The van der Waals surface area contributed by atoms with Crippen molar-refractivity contribution in [3.8, 4) is 11.9 Å². The molecule has 8 nitrogen and oxygen atoms in total. The Hall–Kier alpha value is -3.52. The van der Waals surface area contributed by atoms with Gasteiger partial charge in [-0.05, 0) is 69.7 Å². The van der Waals surface area contributed by atoms with Crippen LogP contribution in [0.15, 0.2) is 36.5 Å². The summed E-state index contributed by atoms with van der Waals surface area (Å²) in [6, 6.07) is 9.44. The van der Waals surface area contributed by atoms with E-state index >= 15 is 0 Å². The summed E-state index contributed by atoms with van der Waals surface area (Å²) in [5.74, 6) is 0.839. The lowest BCUT2D eigenvalue weighted by atomic mass is 9.90. The van der Waals surface area contributed by atoms with E-state index in [4.69, 9.17) is 14.7 Å². The first-order chi connectivity index (χ1) is 19.4. The summed E-state index contributed by atoms with van der Waals surface area (Å²) >= 11 is 0.